The van der Waals surface area contributed by atoms with Crippen molar-refractivity contribution in [2.24, 2.45) is 0 Å². The van der Waals surface area contributed by atoms with E-state index in [-0.39, 0.29) is 0 Å². The van der Waals surface area contributed by atoms with Crippen molar-refractivity contribution in [3.63, 3.8) is 0 Å². The molecule has 9 heteroatoms. The summed E-state index contributed by atoms with van der Waals surface area (Å²) in [7, 11) is 0. The summed E-state index contributed by atoms with van der Waals surface area (Å²) in [4.78, 5) is 0. The molecule has 31 aromatic rings. The SMILES string of the molecule is c1ccc(-n2c3ccccc3c3cc(-c4ccc(-n5c6ccccc6c6cc7c8ccccc8n(-c8ccccc8)c7cc65)cc4)ccc32)cc1.c1ccc(-n2c3ccccc3c3cc(-c4ccc5c(c4)c4cc6sc7ccccc7c6cc4n5-c4ccccc4)ccc32)cc1.c1ccc(-n2c3ccccc3c3cc4c5ccccc5n(-c5ccc(-n6c7ccccc7c7ccccc76)cc5)c4cc32)cc1. The number of fused-ring (bicyclic) bond motifs is 27. The zero-order valence-electron chi connectivity index (χ0n) is 76.5. The molecule has 22 aromatic carbocycles. The molecular weight excluding hydrogens is 1730 g/mol. The largest absolute Gasteiger partial charge is 0.309 e. The predicted octanol–water partition coefficient (Wildman–Crippen LogP) is 35.5. The van der Waals surface area contributed by atoms with Crippen LogP contribution in [0.25, 0.3) is 262 Å². The first-order valence-corrected chi connectivity index (χ1v) is 49.2. The summed E-state index contributed by atoms with van der Waals surface area (Å²) in [5.41, 5.74) is 33.6. The van der Waals surface area contributed by atoms with E-state index in [0.717, 1.165) is 17.1 Å². The third-order valence-electron chi connectivity index (χ3n) is 29.4. The first-order chi connectivity index (χ1) is 70.0. The maximum absolute atomic E-state index is 2.43. The number of nitrogens with zero attached hydrogens (tertiary/aromatic N) is 8. The van der Waals surface area contributed by atoms with Gasteiger partial charge in [-0.05, 0) is 247 Å². The first-order valence-electron chi connectivity index (χ1n) is 48.3. The zero-order chi connectivity index (χ0) is 92.4. The van der Waals surface area contributed by atoms with Gasteiger partial charge in [0.1, 0.15) is 0 Å². The molecule has 0 radical (unpaired) electrons. The molecule has 658 valence electrons. The van der Waals surface area contributed by atoms with Gasteiger partial charge >= 0.3 is 0 Å². The van der Waals surface area contributed by atoms with Gasteiger partial charge in [-0.3, -0.25) is 0 Å². The fraction of sp³-hybridized carbons (Fsp3) is 0. The van der Waals surface area contributed by atoms with E-state index in [9.17, 15) is 0 Å². The fourth-order valence-electron chi connectivity index (χ4n) is 23.2. The Morgan fingerprint density at radius 2 is 0.291 bits per heavy atom. The van der Waals surface area contributed by atoms with Gasteiger partial charge in [0.05, 0.1) is 88.3 Å². The van der Waals surface area contributed by atoms with Crippen LogP contribution >= 0.6 is 11.3 Å². The average Bonchev–Trinajstić information content (AvgIpc) is 1.56. The summed E-state index contributed by atoms with van der Waals surface area (Å²) in [6.45, 7) is 0. The van der Waals surface area contributed by atoms with Gasteiger partial charge in [0, 0.05) is 152 Å². The van der Waals surface area contributed by atoms with Crippen molar-refractivity contribution in [3.05, 3.63) is 510 Å². The van der Waals surface area contributed by atoms with Crippen molar-refractivity contribution in [1.29, 1.82) is 0 Å². The summed E-state index contributed by atoms with van der Waals surface area (Å²) in [6.07, 6.45) is 0. The number of rotatable bonds is 10. The van der Waals surface area contributed by atoms with Crippen LogP contribution in [-0.2, 0) is 0 Å². The number of aromatic nitrogens is 8. The second-order valence-corrected chi connectivity index (χ2v) is 38.1. The molecule has 0 bridgehead atoms. The monoisotopic (exact) mass is 1810 g/mol. The topological polar surface area (TPSA) is 39.4 Å². The van der Waals surface area contributed by atoms with Crippen LogP contribution in [0.1, 0.15) is 0 Å². The number of hydrogen-bond acceptors (Lipinski definition) is 1. The lowest BCUT2D eigenvalue weighted by Gasteiger charge is -2.12. The van der Waals surface area contributed by atoms with Crippen molar-refractivity contribution in [2.75, 3.05) is 0 Å². The van der Waals surface area contributed by atoms with Crippen molar-refractivity contribution in [1.82, 2.24) is 36.5 Å². The molecule has 8 nitrogen and oxygen atoms in total. The number of para-hydroxylation sites is 13. The molecule has 0 saturated heterocycles. The molecule has 0 unspecified atom stereocenters. The van der Waals surface area contributed by atoms with E-state index in [4.69, 9.17) is 0 Å². The highest BCUT2D eigenvalue weighted by Crippen LogP contribution is 2.48. The Morgan fingerprint density at radius 3 is 0.589 bits per heavy atom. The summed E-state index contributed by atoms with van der Waals surface area (Å²) in [6, 6.07) is 185. The van der Waals surface area contributed by atoms with E-state index in [1.165, 1.54) is 245 Å². The molecule has 141 heavy (non-hydrogen) atoms. The van der Waals surface area contributed by atoms with Gasteiger partial charge in [-0.1, -0.05) is 285 Å². The third kappa shape index (κ3) is 12.6. The van der Waals surface area contributed by atoms with Crippen molar-refractivity contribution in [3.8, 4) is 67.8 Å². The molecule has 0 saturated carbocycles. The van der Waals surface area contributed by atoms with Crippen molar-refractivity contribution < 1.29 is 0 Å². The highest BCUT2D eigenvalue weighted by atomic mass is 32.1. The highest BCUT2D eigenvalue weighted by Gasteiger charge is 2.26. The quantitative estimate of drug-likeness (QED) is 0.131. The lowest BCUT2D eigenvalue weighted by Crippen LogP contribution is -1.97. The molecule has 0 aliphatic carbocycles. The van der Waals surface area contributed by atoms with E-state index in [0.29, 0.717) is 0 Å². The second-order valence-electron chi connectivity index (χ2n) is 37.0. The first kappa shape index (κ1) is 79.8. The molecule has 0 N–H and O–H groups in total. The van der Waals surface area contributed by atoms with Gasteiger partial charge in [0.15, 0.2) is 0 Å². The Kier molecular flexibility index (Phi) is 18.1. The van der Waals surface area contributed by atoms with E-state index in [1.54, 1.807) is 0 Å². The summed E-state index contributed by atoms with van der Waals surface area (Å²) < 4.78 is 21.9. The number of hydrogen-bond donors (Lipinski definition) is 0. The van der Waals surface area contributed by atoms with Crippen LogP contribution in [0.15, 0.2) is 510 Å². The van der Waals surface area contributed by atoms with Crippen LogP contribution in [0, 0.1) is 0 Å². The molecule has 0 amide bonds. The van der Waals surface area contributed by atoms with Gasteiger partial charge in [0.2, 0.25) is 0 Å². The molecule has 0 aliphatic heterocycles. The fourth-order valence-corrected chi connectivity index (χ4v) is 24.3. The minimum atomic E-state index is 1.15. The smallest absolute Gasteiger partial charge is 0.0562 e. The average molecular weight is 1810 g/mol. The standard InChI is InChI=1S/C48H31N3.C42H27N3.C42H26N2S/c1-3-13-34(14-4-1)49-43-20-10-7-17-37(43)40-29-33(25-28-46(40)49)32-23-26-36(27-24-32)51-45-22-12-9-19-39(45)42-30-41-38-18-8-11-21-44(38)50(47(41)31-48(42)51)35-15-5-2-6-16-35;1-2-12-28(13-3-1)44-39-20-10-6-16-33(39)35-26-36-34-17-7-11-21-40(34)45(42(36)27-41(35)44)30-24-22-29(23-25-30)43-37-18-8-4-14-31(37)32-15-5-9-19-38(32)43;1-3-11-29(12-4-1)43-37-17-9-7-15-31(37)33-23-27(19-21-38(33)43)28-20-22-39-34(24-28)35-26-42-36(32-16-8-10-18-41(32)45-42)25-40(35)44(39)30-13-5-2-6-14-30/h1-31H;1-27H;1-26H. The Bertz CT molecular complexity index is 10400. The van der Waals surface area contributed by atoms with E-state index in [2.05, 4.69) is 546 Å². The predicted molar refractivity (Wildman–Crippen MR) is 598 cm³/mol. The van der Waals surface area contributed by atoms with Crippen molar-refractivity contribution >= 4 is 206 Å². The maximum Gasteiger partial charge on any atom is 0.0562 e. The lowest BCUT2D eigenvalue weighted by atomic mass is 10.0. The Morgan fingerprint density at radius 1 is 0.0993 bits per heavy atom. The molecule has 0 fully saturated rings. The lowest BCUT2D eigenvalue weighted by molar-refractivity contribution is 1.14. The molecule has 9 aromatic heterocycles. The van der Waals surface area contributed by atoms with Crippen LogP contribution < -0.4 is 0 Å². The molecule has 0 atom stereocenters. The van der Waals surface area contributed by atoms with E-state index in [1.807, 2.05) is 11.3 Å². The highest BCUT2D eigenvalue weighted by molar-refractivity contribution is 7.25. The third-order valence-corrected chi connectivity index (χ3v) is 30.5. The van der Waals surface area contributed by atoms with Crippen LogP contribution in [0.5, 0.6) is 0 Å². The van der Waals surface area contributed by atoms with Crippen LogP contribution in [0.4, 0.5) is 0 Å². The van der Waals surface area contributed by atoms with Gasteiger partial charge in [0.25, 0.3) is 0 Å². The summed E-state index contributed by atoms with van der Waals surface area (Å²) >= 11 is 1.88. The zero-order valence-corrected chi connectivity index (χ0v) is 77.3. The Labute approximate surface area is 813 Å². The maximum atomic E-state index is 2.43. The Hall–Kier alpha value is -18.5. The minimum Gasteiger partial charge on any atom is -0.309 e. The normalized spacial score (nSPS) is 12.0. The summed E-state index contributed by atoms with van der Waals surface area (Å²) in [5, 5.41) is 22.9. The second kappa shape index (κ2) is 32.1. The van der Waals surface area contributed by atoms with Crippen LogP contribution in [0.3, 0.4) is 0 Å². The molecular formula is C132H84N8S. The molecule has 0 spiro atoms. The van der Waals surface area contributed by atoms with Gasteiger partial charge < -0.3 is 36.5 Å². The number of thiophene rings is 1. The van der Waals surface area contributed by atoms with Gasteiger partial charge in [-0.15, -0.1) is 11.3 Å². The molecule has 31 rings (SSSR count). The van der Waals surface area contributed by atoms with Crippen LogP contribution in [0.2, 0.25) is 0 Å². The number of benzene rings is 22. The van der Waals surface area contributed by atoms with Gasteiger partial charge in [-0.25, -0.2) is 0 Å². The summed E-state index contributed by atoms with van der Waals surface area (Å²) in [5.74, 6) is 0. The van der Waals surface area contributed by atoms with Crippen LogP contribution in [-0.4, -0.2) is 36.5 Å². The Balaban J connectivity index is 0.000000102. The van der Waals surface area contributed by atoms with Gasteiger partial charge in [-0.2, -0.15) is 0 Å². The van der Waals surface area contributed by atoms with Crippen molar-refractivity contribution in [2.45, 2.75) is 0 Å². The van der Waals surface area contributed by atoms with E-state index < -0.39 is 0 Å². The molecule has 0 aliphatic rings. The molecule has 9 heterocycles. The minimum absolute atomic E-state index is 1.15. The van der Waals surface area contributed by atoms with E-state index >= 15 is 0 Å².